The van der Waals surface area contributed by atoms with Crippen molar-refractivity contribution in [3.63, 3.8) is 0 Å². The summed E-state index contributed by atoms with van der Waals surface area (Å²) >= 11 is 0. The van der Waals surface area contributed by atoms with Crippen molar-refractivity contribution >= 4 is 16.5 Å². The topological polar surface area (TPSA) is 27.8 Å². The lowest BCUT2D eigenvalue weighted by Crippen LogP contribution is -1.99. The molecule has 0 spiro atoms. The minimum absolute atomic E-state index is 0.825. The number of rotatable bonds is 3. The minimum Gasteiger partial charge on any atom is -0.379 e. The number of aromatic amines is 1. The number of nitrogens with one attached hydrogen (secondary N) is 2. The van der Waals surface area contributed by atoms with Crippen molar-refractivity contribution < 1.29 is 0 Å². The van der Waals surface area contributed by atoms with Gasteiger partial charge in [-0.15, -0.1) is 0 Å². The third-order valence-corrected chi connectivity index (χ3v) is 2.89. The SMILES string of the molecule is c1c[nH]c(CNc2ccc3ccccc3c2)c1. The summed E-state index contributed by atoms with van der Waals surface area (Å²) in [5, 5.41) is 5.95. The van der Waals surface area contributed by atoms with Crippen molar-refractivity contribution in [1.82, 2.24) is 4.98 Å². The first-order valence-electron chi connectivity index (χ1n) is 5.77. The largest absolute Gasteiger partial charge is 0.379 e. The Kier molecular flexibility index (Phi) is 2.54. The smallest absolute Gasteiger partial charge is 0.0551 e. The van der Waals surface area contributed by atoms with E-state index in [1.807, 2.05) is 12.3 Å². The Bertz CT molecular complexity index is 612. The highest BCUT2D eigenvalue weighted by Gasteiger charge is 1.96. The maximum absolute atomic E-state index is 3.41. The number of hydrogen-bond acceptors (Lipinski definition) is 1. The van der Waals surface area contributed by atoms with Gasteiger partial charge in [-0.1, -0.05) is 30.3 Å². The maximum atomic E-state index is 3.41. The molecule has 2 nitrogen and oxygen atoms in total. The third-order valence-electron chi connectivity index (χ3n) is 2.89. The van der Waals surface area contributed by atoms with Crippen LogP contribution in [0.15, 0.2) is 60.8 Å². The van der Waals surface area contributed by atoms with Gasteiger partial charge in [-0.3, -0.25) is 0 Å². The van der Waals surface area contributed by atoms with Crippen LogP contribution in [0.4, 0.5) is 5.69 Å². The van der Waals surface area contributed by atoms with Gasteiger partial charge in [0.25, 0.3) is 0 Å². The number of fused-ring (bicyclic) bond motifs is 1. The lowest BCUT2D eigenvalue weighted by molar-refractivity contribution is 1.08. The van der Waals surface area contributed by atoms with Crippen molar-refractivity contribution in [2.45, 2.75) is 6.54 Å². The summed E-state index contributed by atoms with van der Waals surface area (Å²) in [4.78, 5) is 3.18. The van der Waals surface area contributed by atoms with Gasteiger partial charge in [0.2, 0.25) is 0 Å². The number of anilines is 1. The van der Waals surface area contributed by atoms with Gasteiger partial charge in [-0.25, -0.2) is 0 Å². The number of hydrogen-bond donors (Lipinski definition) is 2. The van der Waals surface area contributed by atoms with E-state index in [4.69, 9.17) is 0 Å². The van der Waals surface area contributed by atoms with Crippen LogP contribution in [-0.4, -0.2) is 4.98 Å². The third kappa shape index (κ3) is 2.16. The highest BCUT2D eigenvalue weighted by Crippen LogP contribution is 2.19. The summed E-state index contributed by atoms with van der Waals surface area (Å²) in [6.45, 7) is 0.825. The molecule has 84 valence electrons. The number of benzene rings is 2. The van der Waals surface area contributed by atoms with Crippen LogP contribution in [-0.2, 0) is 6.54 Å². The Balaban J connectivity index is 1.81. The Labute approximate surface area is 100 Å². The quantitative estimate of drug-likeness (QED) is 0.693. The summed E-state index contributed by atoms with van der Waals surface area (Å²) in [5.41, 5.74) is 2.34. The molecule has 0 aliphatic carbocycles. The number of aromatic nitrogens is 1. The van der Waals surface area contributed by atoms with Crippen molar-refractivity contribution in [2.75, 3.05) is 5.32 Å². The zero-order chi connectivity index (χ0) is 11.5. The molecule has 0 atom stereocenters. The van der Waals surface area contributed by atoms with Gasteiger partial charge in [-0.2, -0.15) is 0 Å². The van der Waals surface area contributed by atoms with Gasteiger partial charge in [0.1, 0.15) is 0 Å². The predicted octanol–water partition coefficient (Wildman–Crippen LogP) is 3.78. The van der Waals surface area contributed by atoms with E-state index >= 15 is 0 Å². The summed E-state index contributed by atoms with van der Waals surface area (Å²) in [5.74, 6) is 0. The molecular formula is C15H14N2. The van der Waals surface area contributed by atoms with Gasteiger partial charge in [-0.05, 0) is 35.0 Å². The fourth-order valence-corrected chi connectivity index (χ4v) is 1.97. The molecule has 17 heavy (non-hydrogen) atoms. The van der Waals surface area contributed by atoms with E-state index in [9.17, 15) is 0 Å². The van der Waals surface area contributed by atoms with Gasteiger partial charge in [0, 0.05) is 17.6 Å². The molecule has 0 aliphatic rings. The molecule has 0 saturated carbocycles. The van der Waals surface area contributed by atoms with Crippen LogP contribution >= 0.6 is 0 Å². The van der Waals surface area contributed by atoms with Crippen molar-refractivity contribution in [3.8, 4) is 0 Å². The average molecular weight is 222 g/mol. The van der Waals surface area contributed by atoms with Crippen LogP contribution in [0.5, 0.6) is 0 Å². The van der Waals surface area contributed by atoms with E-state index in [0.29, 0.717) is 0 Å². The standard InChI is InChI=1S/C15H14N2/c1-2-5-13-10-14(8-7-12(13)4-1)17-11-15-6-3-9-16-15/h1-10,16-17H,11H2. The lowest BCUT2D eigenvalue weighted by atomic mass is 10.1. The molecule has 0 unspecified atom stereocenters. The second-order valence-corrected chi connectivity index (χ2v) is 4.11. The molecule has 1 heterocycles. The molecule has 0 fully saturated rings. The van der Waals surface area contributed by atoms with Crippen LogP contribution in [0, 0.1) is 0 Å². The molecule has 2 aromatic carbocycles. The fraction of sp³-hybridized carbons (Fsp3) is 0.0667. The molecule has 2 heteroatoms. The lowest BCUT2D eigenvalue weighted by Gasteiger charge is -2.06. The molecule has 0 aliphatic heterocycles. The van der Waals surface area contributed by atoms with E-state index in [1.54, 1.807) is 0 Å². The first-order chi connectivity index (χ1) is 8.42. The van der Waals surface area contributed by atoms with Crippen LogP contribution in [0.25, 0.3) is 10.8 Å². The van der Waals surface area contributed by atoms with E-state index in [0.717, 1.165) is 12.2 Å². The van der Waals surface area contributed by atoms with Crippen molar-refractivity contribution in [1.29, 1.82) is 0 Å². The van der Waals surface area contributed by atoms with E-state index in [-0.39, 0.29) is 0 Å². The van der Waals surface area contributed by atoms with Crippen molar-refractivity contribution in [2.24, 2.45) is 0 Å². The Morgan fingerprint density at radius 2 is 1.76 bits per heavy atom. The summed E-state index contributed by atoms with van der Waals surface area (Å²) in [7, 11) is 0. The Hall–Kier alpha value is -2.22. The molecular weight excluding hydrogens is 208 g/mol. The molecule has 2 N–H and O–H groups in total. The zero-order valence-electron chi connectivity index (χ0n) is 9.48. The molecule has 0 saturated heterocycles. The fourth-order valence-electron chi connectivity index (χ4n) is 1.97. The number of H-pyrrole nitrogens is 1. The second-order valence-electron chi connectivity index (χ2n) is 4.11. The van der Waals surface area contributed by atoms with E-state index < -0.39 is 0 Å². The van der Waals surface area contributed by atoms with Gasteiger partial charge >= 0.3 is 0 Å². The highest BCUT2D eigenvalue weighted by atomic mass is 14.9. The molecule has 3 aromatic rings. The normalized spacial score (nSPS) is 10.6. The minimum atomic E-state index is 0.825. The summed E-state index contributed by atoms with van der Waals surface area (Å²) < 4.78 is 0. The molecule has 3 rings (SSSR count). The highest BCUT2D eigenvalue weighted by molar-refractivity contribution is 5.85. The summed E-state index contributed by atoms with van der Waals surface area (Å²) in [6.07, 6.45) is 1.94. The predicted molar refractivity (Wildman–Crippen MR) is 72.1 cm³/mol. The van der Waals surface area contributed by atoms with Crippen molar-refractivity contribution in [3.05, 3.63) is 66.5 Å². The Morgan fingerprint density at radius 3 is 2.59 bits per heavy atom. The Morgan fingerprint density at radius 1 is 0.882 bits per heavy atom. The summed E-state index contributed by atoms with van der Waals surface area (Å²) in [6, 6.07) is 18.9. The first-order valence-corrected chi connectivity index (χ1v) is 5.77. The van der Waals surface area contributed by atoms with Gasteiger partial charge in [0.15, 0.2) is 0 Å². The van der Waals surface area contributed by atoms with Crippen LogP contribution in [0.1, 0.15) is 5.69 Å². The molecule has 0 bridgehead atoms. The molecule has 0 radical (unpaired) electrons. The first kappa shape index (κ1) is 9.97. The van der Waals surface area contributed by atoms with Crippen LogP contribution in [0.2, 0.25) is 0 Å². The average Bonchev–Trinajstić information content (AvgIpc) is 2.89. The second kappa shape index (κ2) is 4.34. The maximum Gasteiger partial charge on any atom is 0.0551 e. The van der Waals surface area contributed by atoms with Crippen LogP contribution < -0.4 is 5.32 Å². The molecule has 0 amide bonds. The van der Waals surface area contributed by atoms with E-state index in [1.165, 1.54) is 16.5 Å². The zero-order valence-corrected chi connectivity index (χ0v) is 9.48. The molecule has 1 aromatic heterocycles. The monoisotopic (exact) mass is 222 g/mol. The van der Waals surface area contributed by atoms with Crippen LogP contribution in [0.3, 0.4) is 0 Å². The van der Waals surface area contributed by atoms with Gasteiger partial charge < -0.3 is 10.3 Å². The van der Waals surface area contributed by atoms with E-state index in [2.05, 4.69) is 58.8 Å². The van der Waals surface area contributed by atoms with Gasteiger partial charge in [0.05, 0.1) is 6.54 Å².